The van der Waals surface area contributed by atoms with E-state index in [1.54, 1.807) is 0 Å². The summed E-state index contributed by atoms with van der Waals surface area (Å²) in [7, 11) is 0. The zero-order chi connectivity index (χ0) is 31.3. The molecule has 4 heteroatoms. The molecule has 0 N–H and O–H groups in total. The molecule has 0 amide bonds. The van der Waals surface area contributed by atoms with Crippen molar-refractivity contribution in [3.8, 4) is 23.0 Å². The molecule has 9 aromatic rings. The molecule has 2 aliphatic rings. The highest BCUT2D eigenvalue weighted by molar-refractivity contribution is 6.24. The average Bonchev–Trinajstić information content (AvgIpc) is 3.11. The van der Waals surface area contributed by atoms with E-state index in [9.17, 15) is 0 Å². The third-order valence-electron chi connectivity index (χ3n) is 10.3. The van der Waals surface area contributed by atoms with E-state index in [2.05, 4.69) is 121 Å². The first kappa shape index (κ1) is 26.1. The molecular formula is C44H28O4. The van der Waals surface area contributed by atoms with Crippen molar-refractivity contribution in [2.45, 2.75) is 0 Å². The largest absolute Gasteiger partial charge is 0.489 e. The van der Waals surface area contributed by atoms with Crippen molar-refractivity contribution in [1.82, 2.24) is 0 Å². The fraction of sp³-hybridized carbons (Fsp3) is 0.0909. The predicted octanol–water partition coefficient (Wildman–Crippen LogP) is 11.0. The van der Waals surface area contributed by atoms with E-state index in [0.717, 1.165) is 109 Å². The van der Waals surface area contributed by atoms with Gasteiger partial charge in [-0.3, -0.25) is 0 Å². The Morgan fingerprint density at radius 2 is 0.458 bits per heavy atom. The quantitative estimate of drug-likeness (QED) is 0.169. The average molecular weight is 621 g/mol. The minimum absolute atomic E-state index is 0.485. The molecule has 0 radical (unpaired) electrons. The van der Waals surface area contributed by atoms with Crippen LogP contribution in [0.2, 0.25) is 0 Å². The van der Waals surface area contributed by atoms with Gasteiger partial charge in [-0.1, -0.05) is 72.8 Å². The highest BCUT2D eigenvalue weighted by atomic mass is 16.5. The highest BCUT2D eigenvalue weighted by Gasteiger charge is 2.19. The van der Waals surface area contributed by atoms with Crippen molar-refractivity contribution in [3.05, 3.63) is 121 Å². The number of hydrogen-bond donors (Lipinski definition) is 0. The van der Waals surface area contributed by atoms with E-state index in [0.29, 0.717) is 26.4 Å². The molecule has 0 saturated carbocycles. The molecule has 8 bridgehead atoms. The van der Waals surface area contributed by atoms with Crippen molar-refractivity contribution in [1.29, 1.82) is 0 Å². The summed E-state index contributed by atoms with van der Waals surface area (Å²) in [5.74, 6) is 3.51. The van der Waals surface area contributed by atoms with Crippen LogP contribution in [0.25, 0.3) is 86.2 Å². The van der Waals surface area contributed by atoms with Gasteiger partial charge in [0.15, 0.2) is 0 Å². The smallest absolute Gasteiger partial charge is 0.128 e. The van der Waals surface area contributed by atoms with Gasteiger partial charge in [-0.15, -0.1) is 0 Å². The number of rotatable bonds is 0. The summed E-state index contributed by atoms with van der Waals surface area (Å²) in [6.07, 6.45) is 0. The van der Waals surface area contributed by atoms with Crippen LogP contribution in [0.15, 0.2) is 121 Å². The minimum atomic E-state index is 0.485. The van der Waals surface area contributed by atoms with Crippen LogP contribution >= 0.6 is 0 Å². The predicted molar refractivity (Wildman–Crippen MR) is 197 cm³/mol. The summed E-state index contributed by atoms with van der Waals surface area (Å²) in [5.41, 5.74) is 0. The fourth-order valence-corrected chi connectivity index (χ4v) is 8.04. The molecule has 4 nitrogen and oxygen atoms in total. The first-order chi connectivity index (χ1) is 23.8. The Morgan fingerprint density at radius 1 is 0.250 bits per heavy atom. The summed E-state index contributed by atoms with van der Waals surface area (Å²) in [6.45, 7) is 1.94. The van der Waals surface area contributed by atoms with Gasteiger partial charge in [0.25, 0.3) is 0 Å². The Bertz CT molecular complexity index is 2510. The van der Waals surface area contributed by atoms with E-state index in [4.69, 9.17) is 18.9 Å². The van der Waals surface area contributed by atoms with Gasteiger partial charge in [-0.2, -0.15) is 0 Å². The Balaban J connectivity index is 1.47. The van der Waals surface area contributed by atoms with Gasteiger partial charge in [-0.25, -0.2) is 0 Å². The van der Waals surface area contributed by atoms with Gasteiger partial charge in [0.05, 0.1) is 0 Å². The van der Waals surface area contributed by atoms with Gasteiger partial charge in [0, 0.05) is 21.5 Å². The lowest BCUT2D eigenvalue weighted by atomic mass is 9.93. The first-order valence-corrected chi connectivity index (χ1v) is 16.6. The zero-order valence-electron chi connectivity index (χ0n) is 26.0. The third-order valence-corrected chi connectivity index (χ3v) is 10.3. The summed E-state index contributed by atoms with van der Waals surface area (Å²) < 4.78 is 25.7. The molecule has 0 aliphatic carbocycles. The van der Waals surface area contributed by atoms with Crippen LogP contribution < -0.4 is 18.9 Å². The van der Waals surface area contributed by atoms with E-state index in [-0.39, 0.29) is 0 Å². The number of fused-ring (bicyclic) bond motifs is 6. The van der Waals surface area contributed by atoms with E-state index in [1.165, 1.54) is 0 Å². The lowest BCUT2D eigenvalue weighted by Crippen LogP contribution is -2.11. The second-order valence-corrected chi connectivity index (χ2v) is 12.9. The van der Waals surface area contributed by atoms with E-state index in [1.807, 2.05) is 0 Å². The van der Waals surface area contributed by atoms with Crippen molar-refractivity contribution in [2.75, 3.05) is 26.4 Å². The second kappa shape index (κ2) is 9.76. The molecule has 0 unspecified atom stereocenters. The van der Waals surface area contributed by atoms with Gasteiger partial charge in [0.1, 0.15) is 49.4 Å². The van der Waals surface area contributed by atoms with Crippen LogP contribution in [0.4, 0.5) is 0 Å². The Morgan fingerprint density at radius 3 is 0.708 bits per heavy atom. The van der Waals surface area contributed by atoms with E-state index < -0.39 is 0 Å². The van der Waals surface area contributed by atoms with Crippen LogP contribution in [-0.4, -0.2) is 26.4 Å². The standard InChI is InChI=1S/C44H28O4/c1-5-29-21-33-25(1)9-13-37-41(33)42-35-23-31(7-3-27(35)10-14-38(42)46-18-17-45-37)32-8-4-28-12-16-40-44(36(28)24-32)43-34-22-30(29)6-2-26(34)11-15-39(43)47-19-20-48-40/h1-16,21-24H,17-20H2. The van der Waals surface area contributed by atoms with Crippen LogP contribution in [0.3, 0.4) is 0 Å². The lowest BCUT2D eigenvalue weighted by Gasteiger charge is -2.19. The minimum Gasteiger partial charge on any atom is -0.489 e. The SMILES string of the molecule is c1cc2ccc3cc2c2c1OCCOc1ccc4ccc(cc4c12)c1ccc2ccc4c(c2c1)c1c(ccc2ccc3cc21)OCCO4. The van der Waals surface area contributed by atoms with Crippen molar-refractivity contribution < 1.29 is 18.9 Å². The molecular weight excluding hydrogens is 592 g/mol. The molecule has 9 aromatic carbocycles. The third kappa shape index (κ3) is 3.71. The normalized spacial score (nSPS) is 14.2. The molecule has 228 valence electrons. The maximum atomic E-state index is 6.42. The van der Waals surface area contributed by atoms with Crippen LogP contribution in [0, 0.1) is 0 Å². The molecule has 0 fully saturated rings. The molecule has 0 spiro atoms. The molecule has 2 heterocycles. The topological polar surface area (TPSA) is 36.9 Å². The maximum absolute atomic E-state index is 6.42. The fourth-order valence-electron chi connectivity index (χ4n) is 8.04. The maximum Gasteiger partial charge on any atom is 0.128 e. The highest BCUT2D eigenvalue weighted by Crippen LogP contribution is 2.45. The van der Waals surface area contributed by atoms with E-state index >= 15 is 0 Å². The summed E-state index contributed by atoms with van der Waals surface area (Å²) in [5, 5.41) is 18.0. The monoisotopic (exact) mass is 620 g/mol. The van der Waals surface area contributed by atoms with Crippen LogP contribution in [0.1, 0.15) is 0 Å². The van der Waals surface area contributed by atoms with Crippen LogP contribution in [-0.2, 0) is 0 Å². The second-order valence-electron chi connectivity index (χ2n) is 12.9. The zero-order valence-corrected chi connectivity index (χ0v) is 26.0. The van der Waals surface area contributed by atoms with Gasteiger partial charge in [-0.05, 0) is 113 Å². The molecule has 11 rings (SSSR count). The summed E-state index contributed by atoms with van der Waals surface area (Å²) in [4.78, 5) is 0. The van der Waals surface area contributed by atoms with Gasteiger partial charge < -0.3 is 18.9 Å². The van der Waals surface area contributed by atoms with Crippen molar-refractivity contribution >= 4 is 86.2 Å². The molecule has 2 aliphatic heterocycles. The van der Waals surface area contributed by atoms with Crippen LogP contribution in [0.5, 0.6) is 23.0 Å². The Hall–Kier alpha value is -6.00. The number of benzene rings is 8. The molecule has 0 atom stereocenters. The van der Waals surface area contributed by atoms with Gasteiger partial charge in [0.2, 0.25) is 0 Å². The first-order valence-electron chi connectivity index (χ1n) is 16.6. The lowest BCUT2D eigenvalue weighted by molar-refractivity contribution is 0.218. The molecule has 0 saturated heterocycles. The number of hydrogen-bond acceptors (Lipinski definition) is 4. The Kier molecular flexibility index (Phi) is 5.31. The molecule has 48 heavy (non-hydrogen) atoms. The number of ether oxygens (including phenoxy) is 4. The molecule has 0 aromatic heterocycles. The summed E-state index contributed by atoms with van der Waals surface area (Å²) in [6, 6.07) is 44.2. The van der Waals surface area contributed by atoms with Crippen molar-refractivity contribution in [2.24, 2.45) is 0 Å². The van der Waals surface area contributed by atoms with Crippen molar-refractivity contribution in [3.63, 3.8) is 0 Å². The summed E-state index contributed by atoms with van der Waals surface area (Å²) >= 11 is 0. The Labute approximate surface area is 275 Å². The van der Waals surface area contributed by atoms with Gasteiger partial charge >= 0.3 is 0 Å².